The van der Waals surface area contributed by atoms with E-state index in [1.807, 2.05) is 12.1 Å². The second-order valence-electron chi connectivity index (χ2n) is 9.83. The summed E-state index contributed by atoms with van der Waals surface area (Å²) in [5.74, 6) is 1.04. The fraction of sp³-hybridized carbons (Fsp3) is 0.654. The number of carbonyl (C=O) groups is 1. The summed E-state index contributed by atoms with van der Waals surface area (Å²) in [5.41, 5.74) is 2.25. The van der Waals surface area contributed by atoms with Crippen LogP contribution in [0, 0.1) is 11.8 Å². The Morgan fingerprint density at radius 1 is 1.30 bits per heavy atom. The SMILES string of the molecule is CC[C@@H]1CN2CC[C@@]34OCCC[C@@]3(Nc3cccc(OC)c34)[C@@H]2C[C@@H]1/C(=C\OC)C(=O)OC. The van der Waals surface area contributed by atoms with Crippen LogP contribution in [0.4, 0.5) is 5.69 Å². The van der Waals surface area contributed by atoms with Crippen LogP contribution in [0.5, 0.6) is 5.75 Å². The van der Waals surface area contributed by atoms with Gasteiger partial charge in [0.1, 0.15) is 11.4 Å². The molecule has 7 nitrogen and oxygen atoms in total. The van der Waals surface area contributed by atoms with Gasteiger partial charge >= 0.3 is 5.97 Å². The molecule has 0 aromatic heterocycles. The molecule has 4 aliphatic rings. The molecular weight excluding hydrogens is 420 g/mol. The first-order valence-corrected chi connectivity index (χ1v) is 12.2. The maximum atomic E-state index is 12.8. The van der Waals surface area contributed by atoms with Crippen LogP contribution < -0.4 is 10.1 Å². The van der Waals surface area contributed by atoms with Gasteiger partial charge in [-0.05, 0) is 49.7 Å². The molecule has 5 atom stereocenters. The number of hydrogen-bond donors (Lipinski definition) is 1. The van der Waals surface area contributed by atoms with Gasteiger partial charge < -0.3 is 24.3 Å². The van der Waals surface area contributed by atoms with E-state index in [2.05, 4.69) is 23.2 Å². The van der Waals surface area contributed by atoms with Crippen LogP contribution in [0.25, 0.3) is 0 Å². The molecule has 7 heteroatoms. The number of ether oxygens (including phenoxy) is 4. The molecular formula is C26H36N2O5. The monoisotopic (exact) mass is 456 g/mol. The quantitative estimate of drug-likeness (QED) is 0.412. The topological polar surface area (TPSA) is 69.3 Å². The molecule has 0 unspecified atom stereocenters. The Morgan fingerprint density at radius 3 is 2.88 bits per heavy atom. The molecule has 0 radical (unpaired) electrons. The van der Waals surface area contributed by atoms with Crippen LogP contribution in [-0.4, -0.2) is 63.5 Å². The van der Waals surface area contributed by atoms with Crippen molar-refractivity contribution in [1.29, 1.82) is 0 Å². The normalized spacial score (nSPS) is 35.4. The van der Waals surface area contributed by atoms with E-state index in [0.717, 1.165) is 63.2 Å². The largest absolute Gasteiger partial charge is 0.504 e. The van der Waals surface area contributed by atoms with Crippen molar-refractivity contribution < 1.29 is 23.7 Å². The number of nitrogens with zero attached hydrogens (tertiary/aromatic N) is 1. The van der Waals surface area contributed by atoms with Crippen LogP contribution in [0.2, 0.25) is 0 Å². The Bertz CT molecular complexity index is 949. The molecule has 1 aromatic carbocycles. The predicted octanol–water partition coefficient (Wildman–Crippen LogP) is 3.69. The van der Waals surface area contributed by atoms with Crippen molar-refractivity contribution in [3.63, 3.8) is 0 Å². The Morgan fingerprint density at radius 2 is 2.15 bits per heavy atom. The lowest BCUT2D eigenvalue weighted by molar-refractivity contribution is -0.188. The number of nitrogens with one attached hydrogen (secondary N) is 1. The summed E-state index contributed by atoms with van der Waals surface area (Å²) in [6.07, 6.45) is 6.42. The highest BCUT2D eigenvalue weighted by Crippen LogP contribution is 2.63. The van der Waals surface area contributed by atoms with Gasteiger partial charge in [-0.1, -0.05) is 19.4 Å². The molecule has 4 heterocycles. The van der Waals surface area contributed by atoms with Crippen molar-refractivity contribution in [3.8, 4) is 5.75 Å². The van der Waals surface area contributed by atoms with E-state index in [9.17, 15) is 4.79 Å². The fourth-order valence-corrected chi connectivity index (χ4v) is 7.31. The summed E-state index contributed by atoms with van der Waals surface area (Å²) in [6.45, 7) is 4.89. The molecule has 180 valence electrons. The van der Waals surface area contributed by atoms with E-state index in [1.165, 1.54) is 12.7 Å². The minimum absolute atomic E-state index is 0.0724. The number of piperidine rings is 2. The molecule has 3 fully saturated rings. The van der Waals surface area contributed by atoms with Crippen LogP contribution in [0.3, 0.4) is 0 Å². The Labute approximate surface area is 196 Å². The lowest BCUT2D eigenvalue weighted by Crippen LogP contribution is -2.73. The molecule has 0 aliphatic carbocycles. The highest BCUT2D eigenvalue weighted by atomic mass is 16.5. The highest BCUT2D eigenvalue weighted by Gasteiger charge is 2.68. The minimum Gasteiger partial charge on any atom is -0.504 e. The lowest BCUT2D eigenvalue weighted by atomic mass is 9.60. The van der Waals surface area contributed by atoms with Gasteiger partial charge in [0.2, 0.25) is 0 Å². The summed E-state index contributed by atoms with van der Waals surface area (Å²) in [4.78, 5) is 15.4. The van der Waals surface area contributed by atoms with Gasteiger partial charge in [0.15, 0.2) is 0 Å². The van der Waals surface area contributed by atoms with Crippen molar-refractivity contribution in [1.82, 2.24) is 4.90 Å². The zero-order valence-electron chi connectivity index (χ0n) is 20.2. The number of esters is 1. The van der Waals surface area contributed by atoms with Crippen LogP contribution >= 0.6 is 0 Å². The third-order valence-corrected chi connectivity index (χ3v) is 8.66. The molecule has 1 N–H and O–H groups in total. The number of methoxy groups -OCH3 is 3. The summed E-state index contributed by atoms with van der Waals surface area (Å²) >= 11 is 0. The van der Waals surface area contributed by atoms with Gasteiger partial charge in [-0.15, -0.1) is 0 Å². The van der Waals surface area contributed by atoms with Gasteiger partial charge in [0.25, 0.3) is 0 Å². The molecule has 33 heavy (non-hydrogen) atoms. The fourth-order valence-electron chi connectivity index (χ4n) is 7.31. The summed E-state index contributed by atoms with van der Waals surface area (Å²) in [5, 5.41) is 3.97. The number of carbonyl (C=O) groups excluding carboxylic acids is 1. The molecule has 0 bridgehead atoms. The minimum atomic E-state index is -0.422. The number of benzene rings is 1. The van der Waals surface area contributed by atoms with Crippen molar-refractivity contribution in [2.75, 3.05) is 46.3 Å². The van der Waals surface area contributed by atoms with Crippen LogP contribution in [0.1, 0.15) is 44.6 Å². The summed E-state index contributed by atoms with van der Waals surface area (Å²) in [6, 6.07) is 6.47. The maximum absolute atomic E-state index is 12.8. The predicted molar refractivity (Wildman–Crippen MR) is 125 cm³/mol. The van der Waals surface area contributed by atoms with E-state index >= 15 is 0 Å². The van der Waals surface area contributed by atoms with Crippen LogP contribution in [-0.2, 0) is 24.6 Å². The molecule has 0 spiro atoms. The Balaban J connectivity index is 1.60. The average molecular weight is 457 g/mol. The van der Waals surface area contributed by atoms with E-state index in [0.29, 0.717) is 11.5 Å². The van der Waals surface area contributed by atoms with Gasteiger partial charge in [0, 0.05) is 31.4 Å². The molecule has 0 saturated carbocycles. The van der Waals surface area contributed by atoms with E-state index in [1.54, 1.807) is 20.5 Å². The van der Waals surface area contributed by atoms with Gasteiger partial charge in [0.05, 0.1) is 44.3 Å². The highest BCUT2D eigenvalue weighted by molar-refractivity contribution is 5.88. The smallest absolute Gasteiger partial charge is 0.337 e. The van der Waals surface area contributed by atoms with Crippen molar-refractivity contribution in [2.45, 2.75) is 56.2 Å². The average Bonchev–Trinajstić information content (AvgIpc) is 3.18. The first-order valence-electron chi connectivity index (χ1n) is 12.2. The van der Waals surface area contributed by atoms with Crippen LogP contribution in [0.15, 0.2) is 30.0 Å². The zero-order chi connectivity index (χ0) is 23.2. The van der Waals surface area contributed by atoms with E-state index in [-0.39, 0.29) is 23.5 Å². The van der Waals surface area contributed by atoms with Crippen molar-refractivity contribution in [2.24, 2.45) is 11.8 Å². The van der Waals surface area contributed by atoms with E-state index in [4.69, 9.17) is 18.9 Å². The second kappa shape index (κ2) is 8.51. The van der Waals surface area contributed by atoms with Gasteiger partial charge in [-0.25, -0.2) is 4.79 Å². The number of fused-ring (bicyclic) bond motifs is 2. The lowest BCUT2D eigenvalue weighted by Gasteiger charge is -2.62. The van der Waals surface area contributed by atoms with Gasteiger partial charge in [-0.2, -0.15) is 0 Å². The molecule has 4 aliphatic heterocycles. The third kappa shape index (κ3) is 3.12. The first-order chi connectivity index (χ1) is 16.0. The van der Waals surface area contributed by atoms with E-state index < -0.39 is 5.60 Å². The summed E-state index contributed by atoms with van der Waals surface area (Å²) in [7, 11) is 4.79. The van der Waals surface area contributed by atoms with Crippen molar-refractivity contribution in [3.05, 3.63) is 35.6 Å². The molecule has 5 rings (SSSR count). The van der Waals surface area contributed by atoms with Crippen molar-refractivity contribution >= 4 is 11.7 Å². The Kier molecular flexibility index (Phi) is 5.81. The number of hydrogen-bond acceptors (Lipinski definition) is 7. The second-order valence-corrected chi connectivity index (χ2v) is 9.83. The maximum Gasteiger partial charge on any atom is 0.337 e. The molecule has 3 saturated heterocycles. The number of rotatable bonds is 5. The molecule has 1 aromatic rings. The first kappa shape index (κ1) is 22.5. The third-order valence-electron chi connectivity index (χ3n) is 8.66. The zero-order valence-corrected chi connectivity index (χ0v) is 20.2. The Hall–Kier alpha value is -2.25. The summed E-state index contributed by atoms with van der Waals surface area (Å²) < 4.78 is 23.1. The standard InChI is InChI=1S/C26H36N2O5/c1-5-17-15-28-12-11-26-23-20(8-6-9-21(23)31-3)27-25(26,10-7-13-33-26)22(28)14-18(17)19(16-30-2)24(29)32-4/h6,8-9,16-18,22,27H,5,7,10-15H2,1-4H3/b19-16+/t17-,18+,22+,25-,26+/m1/s1. The molecule has 0 amide bonds. The number of anilines is 1. The van der Waals surface area contributed by atoms with Gasteiger partial charge in [-0.3, -0.25) is 4.90 Å².